The van der Waals surface area contributed by atoms with Crippen LogP contribution in [-0.4, -0.2) is 51.4 Å². The molecular weight excluding hydrogens is 352 g/mol. The smallest absolute Gasteiger partial charge is 0.254 e. The van der Waals surface area contributed by atoms with Crippen LogP contribution in [0.4, 0.5) is 0 Å². The van der Waals surface area contributed by atoms with Crippen molar-refractivity contribution >= 4 is 16.8 Å². The topological polar surface area (TPSA) is 60.2 Å². The third kappa shape index (κ3) is 3.29. The zero-order valence-electron chi connectivity index (χ0n) is 16.9. The summed E-state index contributed by atoms with van der Waals surface area (Å²) in [6.07, 6.45) is 4.72. The number of benzene rings is 1. The van der Waals surface area contributed by atoms with Crippen molar-refractivity contribution < 1.29 is 9.53 Å². The molecule has 3 heterocycles. The molecule has 1 atom stereocenters. The molecular formula is C22H26N4O2. The van der Waals surface area contributed by atoms with Crippen LogP contribution in [0.1, 0.15) is 34.8 Å². The van der Waals surface area contributed by atoms with Crippen molar-refractivity contribution in [3.63, 3.8) is 0 Å². The number of carbonyl (C=O) groups excluding carboxylic acids is 1. The lowest BCUT2D eigenvalue weighted by Crippen LogP contribution is -2.45. The maximum Gasteiger partial charge on any atom is 0.254 e. The summed E-state index contributed by atoms with van der Waals surface area (Å²) >= 11 is 0. The molecule has 6 nitrogen and oxygen atoms in total. The average molecular weight is 378 g/mol. The standard InChI is InChI=1S/C22H26N4O2/c1-5-17-13-26(8-9-28-17)22(27)19-10-20(16-11-23-25(4)12-16)24-21-15(3)14(2)6-7-18(19)21/h6-7,10-12,17H,5,8-9,13H2,1-4H3/t17-/m0/s1. The van der Waals surface area contributed by atoms with Crippen molar-refractivity contribution in [3.8, 4) is 11.3 Å². The van der Waals surface area contributed by atoms with Crippen LogP contribution in [0.5, 0.6) is 0 Å². The first kappa shape index (κ1) is 18.6. The van der Waals surface area contributed by atoms with Gasteiger partial charge in [-0.1, -0.05) is 19.1 Å². The summed E-state index contributed by atoms with van der Waals surface area (Å²) in [6, 6.07) is 5.99. The quantitative estimate of drug-likeness (QED) is 0.700. The summed E-state index contributed by atoms with van der Waals surface area (Å²) in [4.78, 5) is 20.3. The molecule has 0 N–H and O–H groups in total. The summed E-state index contributed by atoms with van der Waals surface area (Å²) in [5, 5.41) is 5.17. The SMILES string of the molecule is CC[C@H]1CN(C(=O)c2cc(-c3cnn(C)c3)nc3c(C)c(C)ccc23)CCO1. The van der Waals surface area contributed by atoms with E-state index in [1.807, 2.05) is 30.3 Å². The van der Waals surface area contributed by atoms with Gasteiger partial charge in [-0.15, -0.1) is 0 Å². The van der Waals surface area contributed by atoms with Crippen LogP contribution in [-0.2, 0) is 11.8 Å². The van der Waals surface area contributed by atoms with E-state index in [0.717, 1.165) is 34.1 Å². The van der Waals surface area contributed by atoms with Gasteiger partial charge >= 0.3 is 0 Å². The predicted octanol–water partition coefficient (Wildman–Crippen LogP) is 3.50. The van der Waals surface area contributed by atoms with Crippen LogP contribution in [0.25, 0.3) is 22.2 Å². The van der Waals surface area contributed by atoms with E-state index in [1.165, 1.54) is 5.56 Å². The number of nitrogens with zero attached hydrogens (tertiary/aromatic N) is 4. The Morgan fingerprint density at radius 3 is 2.86 bits per heavy atom. The second kappa shape index (κ2) is 7.36. The van der Waals surface area contributed by atoms with E-state index >= 15 is 0 Å². The number of carbonyl (C=O) groups is 1. The van der Waals surface area contributed by atoms with E-state index in [9.17, 15) is 4.79 Å². The monoisotopic (exact) mass is 378 g/mol. The zero-order chi connectivity index (χ0) is 19.8. The number of pyridine rings is 1. The molecule has 28 heavy (non-hydrogen) atoms. The molecule has 1 aliphatic heterocycles. The molecule has 0 unspecified atom stereocenters. The molecule has 3 aromatic rings. The molecule has 2 aromatic heterocycles. The van der Waals surface area contributed by atoms with Gasteiger partial charge in [-0.2, -0.15) is 5.10 Å². The Balaban J connectivity index is 1.86. The Labute approximate surface area is 165 Å². The van der Waals surface area contributed by atoms with E-state index in [1.54, 1.807) is 10.9 Å². The van der Waals surface area contributed by atoms with Crippen molar-refractivity contribution in [1.82, 2.24) is 19.7 Å². The summed E-state index contributed by atoms with van der Waals surface area (Å²) < 4.78 is 7.49. The number of rotatable bonds is 3. The third-order valence-corrected chi connectivity index (χ3v) is 5.62. The Kier molecular flexibility index (Phi) is 4.89. The second-order valence-electron chi connectivity index (χ2n) is 7.51. The first-order valence-corrected chi connectivity index (χ1v) is 9.78. The van der Waals surface area contributed by atoms with Crippen molar-refractivity contribution in [2.75, 3.05) is 19.7 Å². The number of morpholine rings is 1. The number of hydrogen-bond acceptors (Lipinski definition) is 4. The molecule has 0 bridgehead atoms. The van der Waals surface area contributed by atoms with E-state index in [-0.39, 0.29) is 12.0 Å². The minimum absolute atomic E-state index is 0.0440. The minimum atomic E-state index is 0.0440. The molecule has 1 aliphatic rings. The highest BCUT2D eigenvalue weighted by Crippen LogP contribution is 2.29. The summed E-state index contributed by atoms with van der Waals surface area (Å²) in [5.41, 5.74) is 5.53. The Bertz CT molecular complexity index is 1040. The molecule has 0 spiro atoms. The van der Waals surface area contributed by atoms with Gasteiger partial charge in [-0.3, -0.25) is 9.48 Å². The molecule has 0 aliphatic carbocycles. The molecule has 4 rings (SSSR count). The van der Waals surface area contributed by atoms with Gasteiger partial charge in [-0.25, -0.2) is 4.98 Å². The molecule has 1 fully saturated rings. The van der Waals surface area contributed by atoms with Gasteiger partial charge in [0.1, 0.15) is 0 Å². The van der Waals surface area contributed by atoms with Crippen LogP contribution < -0.4 is 0 Å². The molecule has 1 aromatic carbocycles. The molecule has 0 radical (unpaired) electrons. The second-order valence-corrected chi connectivity index (χ2v) is 7.51. The van der Waals surface area contributed by atoms with E-state index in [4.69, 9.17) is 9.72 Å². The number of aryl methyl sites for hydroxylation is 3. The van der Waals surface area contributed by atoms with Crippen LogP contribution >= 0.6 is 0 Å². The Morgan fingerprint density at radius 1 is 1.32 bits per heavy atom. The summed E-state index contributed by atoms with van der Waals surface area (Å²) in [7, 11) is 1.88. The number of hydrogen-bond donors (Lipinski definition) is 0. The van der Waals surface area contributed by atoms with Crippen LogP contribution in [0, 0.1) is 13.8 Å². The maximum absolute atomic E-state index is 13.5. The van der Waals surface area contributed by atoms with Crippen LogP contribution in [0.3, 0.4) is 0 Å². The minimum Gasteiger partial charge on any atom is -0.375 e. The van der Waals surface area contributed by atoms with Gasteiger partial charge in [0.15, 0.2) is 0 Å². The van der Waals surface area contributed by atoms with E-state index < -0.39 is 0 Å². The normalized spacial score (nSPS) is 17.3. The molecule has 1 saturated heterocycles. The van der Waals surface area contributed by atoms with E-state index in [0.29, 0.717) is 25.3 Å². The lowest BCUT2D eigenvalue weighted by molar-refractivity contribution is -0.0225. The highest BCUT2D eigenvalue weighted by atomic mass is 16.5. The van der Waals surface area contributed by atoms with E-state index in [2.05, 4.69) is 31.9 Å². The highest BCUT2D eigenvalue weighted by molar-refractivity contribution is 6.08. The fourth-order valence-corrected chi connectivity index (χ4v) is 3.73. The molecule has 146 valence electrons. The maximum atomic E-state index is 13.5. The van der Waals surface area contributed by atoms with Crippen molar-refractivity contribution in [3.05, 3.63) is 47.3 Å². The van der Waals surface area contributed by atoms with Gasteiger partial charge in [0.05, 0.1) is 35.7 Å². The number of aromatic nitrogens is 3. The zero-order valence-corrected chi connectivity index (χ0v) is 16.9. The lowest BCUT2D eigenvalue weighted by atomic mass is 9.99. The molecule has 0 saturated carbocycles. The van der Waals surface area contributed by atoms with Gasteiger partial charge in [0.25, 0.3) is 5.91 Å². The van der Waals surface area contributed by atoms with Gasteiger partial charge in [0.2, 0.25) is 0 Å². The Morgan fingerprint density at radius 2 is 2.14 bits per heavy atom. The molecule has 1 amide bonds. The lowest BCUT2D eigenvalue weighted by Gasteiger charge is -2.33. The van der Waals surface area contributed by atoms with Gasteiger partial charge < -0.3 is 9.64 Å². The third-order valence-electron chi connectivity index (χ3n) is 5.62. The van der Waals surface area contributed by atoms with Crippen LogP contribution in [0.15, 0.2) is 30.6 Å². The average Bonchev–Trinajstić information content (AvgIpc) is 3.16. The summed E-state index contributed by atoms with van der Waals surface area (Å²) in [5.74, 6) is 0.0440. The first-order chi connectivity index (χ1) is 13.5. The van der Waals surface area contributed by atoms with Gasteiger partial charge in [-0.05, 0) is 37.5 Å². The number of amides is 1. The number of fused-ring (bicyclic) bond motifs is 1. The van der Waals surface area contributed by atoms with Crippen molar-refractivity contribution in [2.45, 2.75) is 33.3 Å². The largest absolute Gasteiger partial charge is 0.375 e. The Hall–Kier alpha value is -2.73. The predicted molar refractivity (Wildman–Crippen MR) is 109 cm³/mol. The van der Waals surface area contributed by atoms with Crippen molar-refractivity contribution in [1.29, 1.82) is 0 Å². The molecule has 6 heteroatoms. The fourth-order valence-electron chi connectivity index (χ4n) is 3.73. The highest BCUT2D eigenvalue weighted by Gasteiger charge is 2.26. The number of ether oxygens (including phenoxy) is 1. The van der Waals surface area contributed by atoms with Gasteiger partial charge in [0, 0.05) is 37.3 Å². The van der Waals surface area contributed by atoms with Crippen LogP contribution in [0.2, 0.25) is 0 Å². The summed E-state index contributed by atoms with van der Waals surface area (Å²) in [6.45, 7) is 8.06. The van der Waals surface area contributed by atoms with Crippen molar-refractivity contribution in [2.24, 2.45) is 7.05 Å². The fraction of sp³-hybridized carbons (Fsp3) is 0.409. The first-order valence-electron chi connectivity index (χ1n) is 9.78.